The highest BCUT2D eigenvalue weighted by molar-refractivity contribution is 7.18. The summed E-state index contributed by atoms with van der Waals surface area (Å²) in [4.78, 5) is 8.43. The number of thiazole rings is 1. The van der Waals surface area contributed by atoms with Gasteiger partial charge in [0, 0.05) is 17.5 Å². The van der Waals surface area contributed by atoms with Crippen molar-refractivity contribution in [3.8, 4) is 6.07 Å². The molecule has 0 unspecified atom stereocenters. The first-order valence-electron chi connectivity index (χ1n) is 8.71. The maximum absolute atomic E-state index is 14.7. The van der Waals surface area contributed by atoms with Crippen LogP contribution in [0.2, 0.25) is 0 Å². The summed E-state index contributed by atoms with van der Waals surface area (Å²) in [5, 5.41) is 25.3. The summed E-state index contributed by atoms with van der Waals surface area (Å²) in [6, 6.07) is 10.3. The zero-order valence-corrected chi connectivity index (χ0v) is 16.1. The molecule has 0 saturated carbocycles. The number of nitriles is 1. The molecule has 2 aromatic heterocycles. The van der Waals surface area contributed by atoms with Crippen LogP contribution in [0.1, 0.15) is 29.0 Å². The Morgan fingerprint density at radius 2 is 2.10 bits per heavy atom. The highest BCUT2D eigenvalue weighted by Gasteiger charge is 2.41. The monoisotopic (exact) mass is 411 g/mol. The van der Waals surface area contributed by atoms with E-state index < -0.39 is 23.2 Å². The van der Waals surface area contributed by atoms with Crippen LogP contribution >= 0.6 is 11.3 Å². The Labute approximate surface area is 168 Å². The Kier molecular flexibility index (Phi) is 4.82. The van der Waals surface area contributed by atoms with E-state index in [1.165, 1.54) is 34.7 Å². The van der Waals surface area contributed by atoms with Gasteiger partial charge in [-0.1, -0.05) is 13.0 Å². The van der Waals surface area contributed by atoms with Crippen LogP contribution in [0.3, 0.4) is 0 Å². The SMILES string of the molecule is C[C@@H](c1nc2ccc(C#N)cc2s1)[C@](O)(Cn1cncn1)c1ccc(F)cc1F. The normalized spacial score (nSPS) is 14.4. The summed E-state index contributed by atoms with van der Waals surface area (Å²) in [7, 11) is 0. The number of hydrogen-bond donors (Lipinski definition) is 1. The topological polar surface area (TPSA) is 87.6 Å². The van der Waals surface area contributed by atoms with Crippen LogP contribution in [0.5, 0.6) is 0 Å². The van der Waals surface area contributed by atoms with E-state index in [1.54, 1.807) is 25.1 Å². The lowest BCUT2D eigenvalue weighted by Crippen LogP contribution is -2.38. The first-order chi connectivity index (χ1) is 13.9. The van der Waals surface area contributed by atoms with Crippen molar-refractivity contribution in [2.75, 3.05) is 0 Å². The molecule has 0 fully saturated rings. The van der Waals surface area contributed by atoms with Crippen molar-refractivity contribution in [3.05, 3.63) is 76.8 Å². The van der Waals surface area contributed by atoms with Gasteiger partial charge >= 0.3 is 0 Å². The molecule has 4 aromatic rings. The lowest BCUT2D eigenvalue weighted by atomic mass is 9.82. The number of nitrogens with zero attached hydrogens (tertiary/aromatic N) is 5. The second-order valence-corrected chi connectivity index (χ2v) is 7.77. The molecule has 0 spiro atoms. The highest BCUT2D eigenvalue weighted by atomic mass is 32.1. The van der Waals surface area contributed by atoms with Gasteiger partial charge < -0.3 is 5.11 Å². The molecule has 0 aliphatic carbocycles. The maximum atomic E-state index is 14.7. The van der Waals surface area contributed by atoms with E-state index >= 15 is 0 Å². The van der Waals surface area contributed by atoms with E-state index in [1.807, 2.05) is 0 Å². The van der Waals surface area contributed by atoms with Crippen LogP contribution in [-0.4, -0.2) is 24.9 Å². The van der Waals surface area contributed by atoms with E-state index in [9.17, 15) is 13.9 Å². The standard InChI is InChI=1S/C20H15F2N5OS/c1-12(19-26-17-5-2-13(8-23)6-18(17)29-19)20(28,9-27-11-24-10-25-27)15-4-3-14(21)7-16(15)22/h2-7,10-12,28H,9H2,1H3/t12-,20+/m0/s1. The summed E-state index contributed by atoms with van der Waals surface area (Å²) in [6.45, 7) is 1.62. The lowest BCUT2D eigenvalue weighted by molar-refractivity contribution is -0.0112. The van der Waals surface area contributed by atoms with E-state index in [0.29, 0.717) is 16.1 Å². The van der Waals surface area contributed by atoms with Crippen molar-refractivity contribution in [1.82, 2.24) is 19.7 Å². The molecule has 2 heterocycles. The van der Waals surface area contributed by atoms with Crippen LogP contribution in [-0.2, 0) is 12.1 Å². The zero-order chi connectivity index (χ0) is 20.6. The fraction of sp³-hybridized carbons (Fsp3) is 0.200. The van der Waals surface area contributed by atoms with Crippen molar-refractivity contribution >= 4 is 21.6 Å². The quantitative estimate of drug-likeness (QED) is 0.541. The molecule has 9 heteroatoms. The van der Waals surface area contributed by atoms with Crippen LogP contribution in [0.25, 0.3) is 10.2 Å². The third kappa shape index (κ3) is 3.48. The van der Waals surface area contributed by atoms with E-state index in [4.69, 9.17) is 5.26 Å². The molecule has 6 nitrogen and oxygen atoms in total. The number of aliphatic hydroxyl groups is 1. The fourth-order valence-electron chi connectivity index (χ4n) is 3.26. The fourth-order valence-corrected chi connectivity index (χ4v) is 4.40. The van der Waals surface area contributed by atoms with Gasteiger partial charge in [0.15, 0.2) is 0 Å². The number of benzene rings is 2. The predicted octanol–water partition coefficient (Wildman–Crippen LogP) is 3.73. The van der Waals surface area contributed by atoms with Gasteiger partial charge in [-0.15, -0.1) is 11.3 Å². The van der Waals surface area contributed by atoms with E-state index in [2.05, 4.69) is 21.1 Å². The Balaban J connectivity index is 1.83. The van der Waals surface area contributed by atoms with Gasteiger partial charge in [-0.25, -0.2) is 23.4 Å². The van der Waals surface area contributed by atoms with E-state index in [0.717, 1.165) is 16.8 Å². The highest BCUT2D eigenvalue weighted by Crippen LogP contribution is 2.42. The third-order valence-corrected chi connectivity index (χ3v) is 6.09. The van der Waals surface area contributed by atoms with Crippen LogP contribution in [0.4, 0.5) is 8.78 Å². The van der Waals surface area contributed by atoms with Gasteiger partial charge in [-0.2, -0.15) is 10.4 Å². The van der Waals surface area contributed by atoms with Crippen molar-refractivity contribution in [2.45, 2.75) is 25.0 Å². The Bertz CT molecular complexity index is 1220. The molecule has 146 valence electrons. The molecule has 0 radical (unpaired) electrons. The second kappa shape index (κ2) is 7.31. The third-order valence-electron chi connectivity index (χ3n) is 4.89. The molecule has 29 heavy (non-hydrogen) atoms. The number of halogens is 2. The van der Waals surface area contributed by atoms with Crippen molar-refractivity contribution < 1.29 is 13.9 Å². The number of rotatable bonds is 5. The van der Waals surface area contributed by atoms with Gasteiger partial charge in [0.2, 0.25) is 0 Å². The average Bonchev–Trinajstić information content (AvgIpc) is 3.35. The molecule has 1 N–H and O–H groups in total. The lowest BCUT2D eigenvalue weighted by Gasteiger charge is -2.33. The Hall–Kier alpha value is -3.22. The van der Waals surface area contributed by atoms with Gasteiger partial charge in [0.25, 0.3) is 0 Å². The minimum Gasteiger partial charge on any atom is -0.382 e. The Morgan fingerprint density at radius 3 is 2.79 bits per heavy atom. The second-order valence-electron chi connectivity index (χ2n) is 6.71. The van der Waals surface area contributed by atoms with Gasteiger partial charge in [-0.05, 0) is 24.3 Å². The predicted molar refractivity (Wildman–Crippen MR) is 103 cm³/mol. The minimum atomic E-state index is -1.77. The summed E-state index contributed by atoms with van der Waals surface area (Å²) < 4.78 is 30.3. The first-order valence-corrected chi connectivity index (χ1v) is 9.53. The molecule has 0 aliphatic heterocycles. The summed E-state index contributed by atoms with van der Waals surface area (Å²) >= 11 is 1.31. The zero-order valence-electron chi connectivity index (χ0n) is 15.3. The summed E-state index contributed by atoms with van der Waals surface area (Å²) in [5.74, 6) is -2.24. The molecular weight excluding hydrogens is 396 g/mol. The molecule has 0 amide bonds. The van der Waals surface area contributed by atoms with Crippen LogP contribution in [0.15, 0.2) is 49.1 Å². The number of hydrogen-bond acceptors (Lipinski definition) is 6. The van der Waals surface area contributed by atoms with Crippen LogP contribution in [0, 0.1) is 23.0 Å². The van der Waals surface area contributed by atoms with Crippen LogP contribution < -0.4 is 0 Å². The molecule has 4 rings (SSSR count). The smallest absolute Gasteiger partial charge is 0.137 e. The van der Waals surface area contributed by atoms with Gasteiger partial charge in [0.05, 0.1) is 33.4 Å². The minimum absolute atomic E-state index is 0.0566. The summed E-state index contributed by atoms with van der Waals surface area (Å²) in [6.07, 6.45) is 2.73. The summed E-state index contributed by atoms with van der Waals surface area (Å²) in [5.41, 5.74) is -0.641. The Morgan fingerprint density at radius 1 is 1.28 bits per heavy atom. The van der Waals surface area contributed by atoms with Gasteiger partial charge in [0.1, 0.15) is 29.9 Å². The molecule has 0 bridgehead atoms. The molecule has 2 aromatic carbocycles. The number of fused-ring (bicyclic) bond motifs is 1. The van der Waals surface area contributed by atoms with Gasteiger partial charge in [-0.3, -0.25) is 0 Å². The van der Waals surface area contributed by atoms with E-state index in [-0.39, 0.29) is 12.1 Å². The molecule has 0 aliphatic rings. The number of aromatic nitrogens is 4. The largest absolute Gasteiger partial charge is 0.382 e. The molecule has 0 saturated heterocycles. The van der Waals surface area contributed by atoms with Crippen molar-refractivity contribution in [2.24, 2.45) is 0 Å². The molecular formula is C20H15F2N5OS. The maximum Gasteiger partial charge on any atom is 0.137 e. The first kappa shape index (κ1) is 19.1. The molecule has 2 atom stereocenters. The van der Waals surface area contributed by atoms with Crippen molar-refractivity contribution in [1.29, 1.82) is 5.26 Å². The van der Waals surface area contributed by atoms with Crippen molar-refractivity contribution in [3.63, 3.8) is 0 Å². The average molecular weight is 411 g/mol.